The van der Waals surface area contributed by atoms with Crippen LogP contribution in [0.25, 0.3) is 10.2 Å². The second-order valence-electron chi connectivity index (χ2n) is 3.83. The highest BCUT2D eigenvalue weighted by Gasteiger charge is 2.15. The van der Waals surface area contributed by atoms with E-state index in [0.717, 1.165) is 15.2 Å². The van der Waals surface area contributed by atoms with Crippen LogP contribution in [0.5, 0.6) is 0 Å². The number of para-hydroxylation sites is 1. The third kappa shape index (κ3) is 2.50. The van der Waals surface area contributed by atoms with Crippen LogP contribution in [0.15, 0.2) is 41.6 Å². The second-order valence-corrected chi connectivity index (χ2v) is 6.72. The number of aromatic amines is 1. The average molecular weight is 294 g/mol. The van der Waals surface area contributed by atoms with E-state index in [2.05, 4.69) is 19.9 Å². The Labute approximate surface area is 113 Å². The Morgan fingerprint density at radius 3 is 2.89 bits per heavy atom. The number of sulfonamides is 1. The number of hydrogen-bond donors (Lipinski definition) is 2. The van der Waals surface area contributed by atoms with E-state index >= 15 is 0 Å². The maximum absolute atomic E-state index is 11.9. The lowest BCUT2D eigenvalue weighted by Crippen LogP contribution is -2.22. The summed E-state index contributed by atoms with van der Waals surface area (Å²) in [6.45, 7) is 0.173. The SMILES string of the molecule is O=S(=O)(NCc1nc2ccccc2s1)c1cn[nH]c1. The van der Waals surface area contributed by atoms with Gasteiger partial charge in [-0.1, -0.05) is 12.1 Å². The number of nitrogens with zero attached hydrogens (tertiary/aromatic N) is 2. The van der Waals surface area contributed by atoms with E-state index < -0.39 is 10.0 Å². The second kappa shape index (κ2) is 4.72. The highest BCUT2D eigenvalue weighted by molar-refractivity contribution is 7.89. The largest absolute Gasteiger partial charge is 0.284 e. The van der Waals surface area contributed by atoms with Crippen molar-refractivity contribution in [3.63, 3.8) is 0 Å². The number of benzene rings is 1. The Balaban J connectivity index is 1.79. The van der Waals surface area contributed by atoms with E-state index in [0.29, 0.717) is 0 Å². The van der Waals surface area contributed by atoms with Gasteiger partial charge in [-0.05, 0) is 12.1 Å². The zero-order valence-corrected chi connectivity index (χ0v) is 11.3. The number of aromatic nitrogens is 3. The van der Waals surface area contributed by atoms with Crippen molar-refractivity contribution in [2.45, 2.75) is 11.4 Å². The number of H-pyrrole nitrogens is 1. The van der Waals surface area contributed by atoms with Crippen molar-refractivity contribution in [2.75, 3.05) is 0 Å². The Morgan fingerprint density at radius 1 is 1.32 bits per heavy atom. The van der Waals surface area contributed by atoms with Gasteiger partial charge < -0.3 is 0 Å². The van der Waals surface area contributed by atoms with Gasteiger partial charge in [0.15, 0.2) is 0 Å². The van der Waals surface area contributed by atoms with Crippen LogP contribution in [0.3, 0.4) is 0 Å². The van der Waals surface area contributed by atoms with E-state index in [1.165, 1.54) is 23.7 Å². The summed E-state index contributed by atoms with van der Waals surface area (Å²) in [5, 5.41) is 6.82. The Hall–Kier alpha value is -1.77. The zero-order chi connectivity index (χ0) is 13.3. The number of nitrogens with one attached hydrogen (secondary N) is 2. The zero-order valence-electron chi connectivity index (χ0n) is 9.70. The Kier molecular flexibility index (Phi) is 3.05. The molecule has 0 unspecified atom stereocenters. The van der Waals surface area contributed by atoms with Crippen LogP contribution in [0.1, 0.15) is 5.01 Å². The molecule has 0 spiro atoms. The van der Waals surface area contributed by atoms with Gasteiger partial charge in [-0.2, -0.15) is 5.10 Å². The molecule has 0 atom stereocenters. The molecule has 0 saturated heterocycles. The summed E-state index contributed by atoms with van der Waals surface area (Å²) in [6.07, 6.45) is 2.60. The molecule has 0 aliphatic rings. The number of fused-ring (bicyclic) bond motifs is 1. The molecule has 3 aromatic rings. The van der Waals surface area contributed by atoms with Crippen molar-refractivity contribution >= 4 is 31.6 Å². The number of hydrogen-bond acceptors (Lipinski definition) is 5. The number of rotatable bonds is 4. The van der Waals surface area contributed by atoms with Gasteiger partial charge in [0, 0.05) is 6.20 Å². The third-order valence-corrected chi connectivity index (χ3v) is 4.94. The van der Waals surface area contributed by atoms with Gasteiger partial charge >= 0.3 is 0 Å². The van der Waals surface area contributed by atoms with Crippen LogP contribution < -0.4 is 4.72 Å². The minimum Gasteiger partial charge on any atom is -0.284 e. The van der Waals surface area contributed by atoms with Gasteiger partial charge in [0.1, 0.15) is 9.90 Å². The molecule has 0 amide bonds. The van der Waals surface area contributed by atoms with Crippen molar-refractivity contribution < 1.29 is 8.42 Å². The van der Waals surface area contributed by atoms with Crippen LogP contribution in [-0.2, 0) is 16.6 Å². The fourth-order valence-corrected chi connectivity index (χ4v) is 3.51. The molecule has 2 N–H and O–H groups in total. The molecule has 0 radical (unpaired) electrons. The summed E-state index contributed by atoms with van der Waals surface area (Å²) in [7, 11) is -3.53. The molecule has 2 heterocycles. The van der Waals surface area contributed by atoms with Crippen LogP contribution >= 0.6 is 11.3 Å². The topological polar surface area (TPSA) is 87.7 Å². The lowest BCUT2D eigenvalue weighted by Gasteiger charge is -2.01. The minimum absolute atomic E-state index is 0.119. The summed E-state index contributed by atoms with van der Waals surface area (Å²) in [4.78, 5) is 4.48. The molecule has 8 heteroatoms. The van der Waals surface area contributed by atoms with Crippen LogP contribution in [0.2, 0.25) is 0 Å². The average Bonchev–Trinajstić information content (AvgIpc) is 3.05. The lowest BCUT2D eigenvalue weighted by molar-refractivity contribution is 0.581. The molecule has 0 saturated carbocycles. The monoisotopic (exact) mass is 294 g/mol. The quantitative estimate of drug-likeness (QED) is 0.763. The first-order valence-corrected chi connectivity index (χ1v) is 7.78. The van der Waals surface area contributed by atoms with Gasteiger partial charge in [-0.25, -0.2) is 18.1 Å². The first kappa shape index (κ1) is 12.3. The van der Waals surface area contributed by atoms with Crippen molar-refractivity contribution in [2.24, 2.45) is 0 Å². The summed E-state index contributed by atoms with van der Waals surface area (Å²) < 4.78 is 27.3. The van der Waals surface area contributed by atoms with Crippen LogP contribution in [0.4, 0.5) is 0 Å². The van der Waals surface area contributed by atoms with Crippen LogP contribution in [0, 0.1) is 0 Å². The van der Waals surface area contributed by atoms with Crippen LogP contribution in [-0.4, -0.2) is 23.6 Å². The normalized spacial score (nSPS) is 12.0. The summed E-state index contributed by atoms with van der Waals surface area (Å²) in [6, 6.07) is 7.70. The van der Waals surface area contributed by atoms with Gasteiger partial charge in [0.25, 0.3) is 0 Å². The molecular formula is C11H10N4O2S2. The molecular weight excluding hydrogens is 284 g/mol. The van der Waals surface area contributed by atoms with Crippen molar-refractivity contribution in [1.82, 2.24) is 19.9 Å². The Bertz CT molecular complexity index is 760. The Morgan fingerprint density at radius 2 is 2.16 bits per heavy atom. The molecule has 1 aromatic carbocycles. The predicted octanol–water partition coefficient (Wildman–Crippen LogP) is 1.50. The maximum atomic E-state index is 11.9. The number of thiazole rings is 1. The molecule has 19 heavy (non-hydrogen) atoms. The smallest absolute Gasteiger partial charge is 0.244 e. The first-order chi connectivity index (χ1) is 9.15. The maximum Gasteiger partial charge on any atom is 0.244 e. The van der Waals surface area contributed by atoms with E-state index in [1.807, 2.05) is 24.3 Å². The standard InChI is InChI=1S/C11H10N4O2S2/c16-19(17,8-5-12-13-6-8)14-7-11-15-9-3-1-2-4-10(9)18-11/h1-6,14H,7H2,(H,12,13). The van der Waals surface area contributed by atoms with Gasteiger partial charge in [0.05, 0.1) is 23.0 Å². The van der Waals surface area contributed by atoms with Gasteiger partial charge in [-0.3, -0.25) is 5.10 Å². The highest BCUT2D eigenvalue weighted by atomic mass is 32.2. The molecule has 3 rings (SSSR count). The summed E-state index contributed by atoms with van der Waals surface area (Å²) in [5.74, 6) is 0. The highest BCUT2D eigenvalue weighted by Crippen LogP contribution is 2.21. The summed E-state index contributed by atoms with van der Waals surface area (Å²) >= 11 is 1.47. The van der Waals surface area contributed by atoms with Crippen molar-refractivity contribution in [3.8, 4) is 0 Å². The van der Waals surface area contributed by atoms with E-state index in [-0.39, 0.29) is 11.4 Å². The molecule has 0 fully saturated rings. The molecule has 2 aromatic heterocycles. The predicted molar refractivity (Wildman–Crippen MR) is 72.2 cm³/mol. The fraction of sp³-hybridized carbons (Fsp3) is 0.0909. The van der Waals surface area contributed by atoms with Crippen molar-refractivity contribution in [1.29, 1.82) is 0 Å². The lowest BCUT2D eigenvalue weighted by atomic mass is 10.3. The molecule has 0 aliphatic carbocycles. The first-order valence-electron chi connectivity index (χ1n) is 5.48. The summed E-state index contributed by atoms with van der Waals surface area (Å²) in [5.41, 5.74) is 0.880. The third-order valence-electron chi connectivity index (χ3n) is 2.54. The van der Waals surface area contributed by atoms with E-state index in [1.54, 1.807) is 0 Å². The van der Waals surface area contributed by atoms with E-state index in [4.69, 9.17) is 0 Å². The minimum atomic E-state index is -3.53. The fourth-order valence-electron chi connectivity index (χ4n) is 1.62. The molecule has 6 nitrogen and oxygen atoms in total. The molecule has 98 valence electrons. The van der Waals surface area contributed by atoms with Crippen molar-refractivity contribution in [3.05, 3.63) is 41.7 Å². The van der Waals surface area contributed by atoms with Gasteiger partial charge in [0.2, 0.25) is 10.0 Å². The van der Waals surface area contributed by atoms with E-state index in [9.17, 15) is 8.42 Å². The molecule has 0 aliphatic heterocycles. The molecule has 0 bridgehead atoms. The van der Waals surface area contributed by atoms with Gasteiger partial charge in [-0.15, -0.1) is 11.3 Å².